The van der Waals surface area contributed by atoms with E-state index in [9.17, 15) is 4.79 Å². The Hall–Kier alpha value is -0.870. The van der Waals surface area contributed by atoms with Crippen LogP contribution in [0, 0.1) is 5.41 Å². The summed E-state index contributed by atoms with van der Waals surface area (Å²) in [6.07, 6.45) is 6.43. The van der Waals surface area contributed by atoms with Crippen molar-refractivity contribution in [2.24, 2.45) is 5.41 Å². The molecule has 114 valence electrons. The fourth-order valence-corrected chi connectivity index (χ4v) is 3.55. The zero-order chi connectivity index (χ0) is 14.6. The number of hydrogen-bond acceptors (Lipinski definition) is 3. The highest BCUT2D eigenvalue weighted by molar-refractivity contribution is 5.84. The molecule has 1 atom stereocenters. The van der Waals surface area contributed by atoms with Gasteiger partial charge in [-0.05, 0) is 46.1 Å². The second-order valence-electron chi connectivity index (χ2n) is 6.50. The third kappa shape index (κ3) is 3.41. The minimum atomic E-state index is -0.154. The van der Waals surface area contributed by atoms with Crippen molar-refractivity contribution in [1.29, 1.82) is 0 Å². The summed E-state index contributed by atoms with van der Waals surface area (Å²) >= 11 is 0. The summed E-state index contributed by atoms with van der Waals surface area (Å²) < 4.78 is 0. The molecule has 0 saturated carbocycles. The van der Waals surface area contributed by atoms with Crippen LogP contribution >= 0.6 is 0 Å². The van der Waals surface area contributed by atoms with Crippen LogP contribution in [0.3, 0.4) is 0 Å². The Bertz CT molecular complexity index is 375. The van der Waals surface area contributed by atoms with Crippen molar-refractivity contribution in [3.05, 3.63) is 11.6 Å². The lowest BCUT2D eigenvalue weighted by atomic mass is 9.78. The summed E-state index contributed by atoms with van der Waals surface area (Å²) in [6.45, 7) is 8.65. The Morgan fingerprint density at radius 1 is 1.30 bits per heavy atom. The van der Waals surface area contributed by atoms with Gasteiger partial charge in [0.25, 0.3) is 0 Å². The minimum Gasteiger partial charge on any atom is -0.395 e. The lowest BCUT2D eigenvalue weighted by Crippen LogP contribution is -2.50. The zero-order valence-corrected chi connectivity index (χ0v) is 12.9. The molecule has 1 spiro atoms. The van der Waals surface area contributed by atoms with Gasteiger partial charge >= 0.3 is 0 Å². The molecule has 2 heterocycles. The van der Waals surface area contributed by atoms with Crippen LogP contribution in [-0.4, -0.2) is 60.1 Å². The Morgan fingerprint density at radius 2 is 2.10 bits per heavy atom. The van der Waals surface area contributed by atoms with Crippen molar-refractivity contribution in [2.75, 3.05) is 39.3 Å². The molecule has 2 aliphatic rings. The average molecular weight is 280 g/mol. The van der Waals surface area contributed by atoms with Crippen LogP contribution < -0.4 is 0 Å². The first kappa shape index (κ1) is 15.5. The van der Waals surface area contributed by atoms with E-state index in [0.29, 0.717) is 6.54 Å². The number of nitrogens with zero attached hydrogens (tertiary/aromatic N) is 2. The molecule has 0 unspecified atom stereocenters. The van der Waals surface area contributed by atoms with Crippen molar-refractivity contribution >= 4 is 5.91 Å². The van der Waals surface area contributed by atoms with Gasteiger partial charge < -0.3 is 14.9 Å². The quantitative estimate of drug-likeness (QED) is 0.779. The van der Waals surface area contributed by atoms with Crippen LogP contribution in [-0.2, 0) is 4.79 Å². The molecule has 0 aromatic carbocycles. The van der Waals surface area contributed by atoms with Gasteiger partial charge in [0.15, 0.2) is 0 Å². The van der Waals surface area contributed by atoms with Crippen molar-refractivity contribution in [1.82, 2.24) is 9.80 Å². The molecular weight excluding hydrogens is 252 g/mol. The number of likely N-dealkylation sites (tertiary alicyclic amines) is 2. The number of β-amino-alcohol motifs (C(OH)–C–C–N with tert-alkyl or cyclic N) is 1. The number of aliphatic hydroxyl groups excluding tert-OH is 1. The fraction of sp³-hybridized carbons (Fsp3) is 0.812. The molecule has 2 rings (SSSR count). The largest absolute Gasteiger partial charge is 0.395 e. The first-order valence-corrected chi connectivity index (χ1v) is 7.83. The summed E-state index contributed by atoms with van der Waals surface area (Å²) in [5.41, 5.74) is 1.21. The predicted molar refractivity (Wildman–Crippen MR) is 80.4 cm³/mol. The molecule has 20 heavy (non-hydrogen) atoms. The van der Waals surface area contributed by atoms with Crippen LogP contribution in [0.1, 0.15) is 39.5 Å². The van der Waals surface area contributed by atoms with E-state index in [2.05, 4.69) is 24.8 Å². The van der Waals surface area contributed by atoms with Crippen molar-refractivity contribution in [3.63, 3.8) is 0 Å². The van der Waals surface area contributed by atoms with Gasteiger partial charge in [-0.25, -0.2) is 0 Å². The number of carbonyl (C=O) groups is 1. The van der Waals surface area contributed by atoms with E-state index in [1.54, 1.807) is 0 Å². The lowest BCUT2D eigenvalue weighted by Gasteiger charge is -2.39. The molecule has 1 N–H and O–H groups in total. The van der Waals surface area contributed by atoms with Crippen LogP contribution in [0.25, 0.3) is 0 Å². The topological polar surface area (TPSA) is 43.8 Å². The molecule has 0 radical (unpaired) electrons. The third-order valence-corrected chi connectivity index (χ3v) is 4.62. The van der Waals surface area contributed by atoms with E-state index in [-0.39, 0.29) is 17.9 Å². The van der Waals surface area contributed by atoms with Gasteiger partial charge in [-0.1, -0.05) is 11.6 Å². The molecule has 0 aromatic heterocycles. The molecule has 4 heteroatoms. The normalized spacial score (nSPS) is 27.4. The van der Waals surface area contributed by atoms with E-state index < -0.39 is 0 Å². The molecule has 0 aromatic rings. The second kappa shape index (κ2) is 6.72. The Morgan fingerprint density at radius 3 is 2.80 bits per heavy atom. The van der Waals surface area contributed by atoms with Gasteiger partial charge in [0, 0.05) is 26.2 Å². The SMILES string of the molecule is CC(C)=CCCN1CC[C@@]2(CCCN(CCO)C2=O)C1. The molecule has 2 fully saturated rings. The molecule has 2 saturated heterocycles. The van der Waals surface area contributed by atoms with E-state index in [0.717, 1.165) is 51.9 Å². The predicted octanol–water partition coefficient (Wildman–Crippen LogP) is 1.65. The molecule has 0 aliphatic carbocycles. The molecule has 0 bridgehead atoms. The van der Waals surface area contributed by atoms with Crippen molar-refractivity contribution < 1.29 is 9.90 Å². The number of allylic oxidation sites excluding steroid dienone is 1. The van der Waals surface area contributed by atoms with Gasteiger partial charge in [0.1, 0.15) is 0 Å². The third-order valence-electron chi connectivity index (χ3n) is 4.62. The maximum atomic E-state index is 12.6. The number of aliphatic hydroxyl groups is 1. The van der Waals surface area contributed by atoms with Crippen LogP contribution in [0.5, 0.6) is 0 Å². The summed E-state index contributed by atoms with van der Waals surface area (Å²) in [7, 11) is 0. The lowest BCUT2D eigenvalue weighted by molar-refractivity contribution is -0.146. The van der Waals surface area contributed by atoms with Gasteiger partial charge in [-0.2, -0.15) is 0 Å². The first-order valence-electron chi connectivity index (χ1n) is 7.83. The Balaban J connectivity index is 1.92. The molecular formula is C16H28N2O2. The highest BCUT2D eigenvalue weighted by Gasteiger charge is 2.47. The number of rotatable bonds is 5. The highest BCUT2D eigenvalue weighted by atomic mass is 16.3. The number of carbonyl (C=O) groups excluding carboxylic acids is 1. The Labute approximate surface area is 122 Å². The van der Waals surface area contributed by atoms with Gasteiger partial charge in [-0.3, -0.25) is 4.79 Å². The smallest absolute Gasteiger partial charge is 0.230 e. The maximum Gasteiger partial charge on any atom is 0.230 e. The zero-order valence-electron chi connectivity index (χ0n) is 12.9. The van der Waals surface area contributed by atoms with Gasteiger partial charge in [-0.15, -0.1) is 0 Å². The molecule has 2 aliphatic heterocycles. The standard InChI is InChI=1S/C16H28N2O2/c1-14(2)5-3-8-17-10-7-16(13-17)6-4-9-18(11-12-19)15(16)20/h5,19H,3-4,6-13H2,1-2H3/t16-/m0/s1. The summed E-state index contributed by atoms with van der Waals surface area (Å²) in [5.74, 6) is 0.280. The summed E-state index contributed by atoms with van der Waals surface area (Å²) in [6, 6.07) is 0. The maximum absolute atomic E-state index is 12.6. The monoisotopic (exact) mass is 280 g/mol. The van der Waals surface area contributed by atoms with Crippen LogP contribution in [0.4, 0.5) is 0 Å². The number of hydrogen-bond donors (Lipinski definition) is 1. The van der Waals surface area contributed by atoms with E-state index in [1.165, 1.54) is 5.57 Å². The van der Waals surface area contributed by atoms with Crippen molar-refractivity contribution in [2.45, 2.75) is 39.5 Å². The van der Waals surface area contributed by atoms with E-state index >= 15 is 0 Å². The van der Waals surface area contributed by atoms with Crippen molar-refractivity contribution in [3.8, 4) is 0 Å². The molecule has 1 amide bonds. The summed E-state index contributed by atoms with van der Waals surface area (Å²) in [5, 5.41) is 9.08. The first-order chi connectivity index (χ1) is 9.57. The van der Waals surface area contributed by atoms with Gasteiger partial charge in [0.05, 0.1) is 12.0 Å². The van der Waals surface area contributed by atoms with Crippen LogP contribution in [0.2, 0.25) is 0 Å². The molecule has 4 nitrogen and oxygen atoms in total. The average Bonchev–Trinajstić information content (AvgIpc) is 2.80. The van der Waals surface area contributed by atoms with Gasteiger partial charge in [0.2, 0.25) is 5.91 Å². The Kier molecular flexibility index (Phi) is 5.22. The van der Waals surface area contributed by atoms with E-state index in [4.69, 9.17) is 5.11 Å². The van der Waals surface area contributed by atoms with Crippen LogP contribution in [0.15, 0.2) is 11.6 Å². The number of piperidine rings is 1. The van der Waals surface area contributed by atoms with E-state index in [1.807, 2.05) is 4.90 Å². The highest BCUT2D eigenvalue weighted by Crippen LogP contribution is 2.39. The summed E-state index contributed by atoms with van der Waals surface area (Å²) in [4.78, 5) is 16.9. The minimum absolute atomic E-state index is 0.0755. The fourth-order valence-electron chi connectivity index (χ4n) is 3.55. The second-order valence-corrected chi connectivity index (χ2v) is 6.50. The number of amides is 1.